The summed E-state index contributed by atoms with van der Waals surface area (Å²) in [6.07, 6.45) is 5.39. The molecule has 0 bridgehead atoms. The molecule has 1 atom stereocenters. The summed E-state index contributed by atoms with van der Waals surface area (Å²) >= 11 is 0. The third-order valence-electron chi connectivity index (χ3n) is 5.27. The highest BCUT2D eigenvalue weighted by Crippen LogP contribution is 2.26. The van der Waals surface area contributed by atoms with Gasteiger partial charge in [-0.1, -0.05) is 56.3 Å². The molecular weight excluding hydrogens is 308 g/mol. The molecule has 0 fully saturated rings. The lowest BCUT2D eigenvalue weighted by Crippen LogP contribution is -2.87. The monoisotopic (exact) mass is 337 g/mol. The van der Waals surface area contributed by atoms with Crippen LogP contribution in [0.25, 0.3) is 0 Å². The molecule has 0 heterocycles. The van der Waals surface area contributed by atoms with E-state index >= 15 is 0 Å². The summed E-state index contributed by atoms with van der Waals surface area (Å²) in [5.41, 5.74) is 6.31. The largest absolute Gasteiger partial charge is 0.332 e. The second kappa shape index (κ2) is 8.30. The van der Waals surface area contributed by atoms with E-state index in [1.165, 1.54) is 28.7 Å². The predicted molar refractivity (Wildman–Crippen MR) is 103 cm³/mol. The van der Waals surface area contributed by atoms with Crippen molar-refractivity contribution in [2.24, 2.45) is 0 Å². The highest BCUT2D eigenvalue weighted by Gasteiger charge is 2.23. The Hall–Kier alpha value is -2.13. The predicted octanol–water partition coefficient (Wildman–Crippen LogP) is 3.39. The fraction of sp³-hybridized carbons (Fsp3) is 0.409. The average molecular weight is 337 g/mol. The number of rotatable bonds is 6. The quantitative estimate of drug-likeness (QED) is 0.834. The Kier molecular flexibility index (Phi) is 5.87. The molecule has 0 radical (unpaired) electrons. The first-order chi connectivity index (χ1) is 12.2. The Balaban J connectivity index is 1.65. The molecule has 0 unspecified atom stereocenters. The van der Waals surface area contributed by atoms with E-state index in [0.717, 1.165) is 31.4 Å². The van der Waals surface area contributed by atoms with Crippen LogP contribution in [0, 0.1) is 0 Å². The van der Waals surface area contributed by atoms with Gasteiger partial charge in [0, 0.05) is 17.7 Å². The first-order valence-electron chi connectivity index (χ1n) is 9.54. The van der Waals surface area contributed by atoms with Crippen LogP contribution in [0.15, 0.2) is 42.5 Å². The fourth-order valence-corrected chi connectivity index (χ4v) is 3.88. The highest BCUT2D eigenvalue weighted by molar-refractivity contribution is 5.93. The Bertz CT molecular complexity index is 716. The molecule has 2 aromatic carbocycles. The Labute approximate surface area is 150 Å². The molecule has 0 aromatic heterocycles. The first kappa shape index (κ1) is 17.7. The molecule has 0 saturated carbocycles. The number of nitrogens with one attached hydrogen (secondary N) is 1. The lowest BCUT2D eigenvalue weighted by molar-refractivity contribution is -0.687. The third kappa shape index (κ3) is 4.10. The van der Waals surface area contributed by atoms with Crippen molar-refractivity contribution in [1.82, 2.24) is 0 Å². The van der Waals surface area contributed by atoms with Crippen LogP contribution in [0.4, 0.5) is 5.69 Å². The highest BCUT2D eigenvalue weighted by atomic mass is 16.1. The number of hydrogen-bond acceptors (Lipinski definition) is 1. The van der Waals surface area contributed by atoms with Crippen LogP contribution in [0.1, 0.15) is 55.0 Å². The molecule has 0 saturated heterocycles. The van der Waals surface area contributed by atoms with E-state index in [1.807, 2.05) is 0 Å². The number of quaternary nitrogens is 1. The maximum atomic E-state index is 12.6. The van der Waals surface area contributed by atoms with E-state index in [-0.39, 0.29) is 5.91 Å². The summed E-state index contributed by atoms with van der Waals surface area (Å²) in [5.74, 6) is 0.0960. The summed E-state index contributed by atoms with van der Waals surface area (Å²) in [6.45, 7) is 4.74. The van der Waals surface area contributed by atoms with Crippen molar-refractivity contribution in [1.29, 1.82) is 0 Å². The molecule has 3 rings (SSSR count). The Morgan fingerprint density at radius 3 is 2.52 bits per heavy atom. The van der Waals surface area contributed by atoms with Crippen molar-refractivity contribution in [2.45, 2.75) is 52.0 Å². The Morgan fingerprint density at radius 1 is 1.08 bits per heavy atom. The van der Waals surface area contributed by atoms with Crippen molar-refractivity contribution in [3.8, 4) is 0 Å². The lowest BCUT2D eigenvalue weighted by Gasteiger charge is -2.23. The smallest absolute Gasteiger partial charge is 0.279 e. The van der Waals surface area contributed by atoms with Crippen LogP contribution < -0.4 is 10.6 Å². The molecule has 1 amide bonds. The topological polar surface area (TPSA) is 45.7 Å². The number of para-hydroxylation sites is 1. The van der Waals surface area contributed by atoms with Gasteiger partial charge in [-0.3, -0.25) is 4.79 Å². The van der Waals surface area contributed by atoms with Gasteiger partial charge in [0.15, 0.2) is 6.54 Å². The number of amides is 1. The van der Waals surface area contributed by atoms with Gasteiger partial charge in [0.25, 0.3) is 5.91 Å². The average Bonchev–Trinajstić information content (AvgIpc) is 2.66. The van der Waals surface area contributed by atoms with Gasteiger partial charge < -0.3 is 10.6 Å². The maximum Gasteiger partial charge on any atom is 0.279 e. The first-order valence-corrected chi connectivity index (χ1v) is 9.54. The zero-order valence-corrected chi connectivity index (χ0v) is 15.3. The maximum absolute atomic E-state index is 12.6. The molecule has 3 nitrogen and oxygen atoms in total. The van der Waals surface area contributed by atoms with Crippen LogP contribution in [0.2, 0.25) is 0 Å². The molecule has 1 aliphatic rings. The zero-order chi connectivity index (χ0) is 17.6. The van der Waals surface area contributed by atoms with Crippen LogP contribution >= 0.6 is 0 Å². The summed E-state index contributed by atoms with van der Waals surface area (Å²) in [5, 5.41) is 5.38. The number of carbonyl (C=O) groups excluding carboxylic acids is 1. The molecule has 3 N–H and O–H groups in total. The van der Waals surface area contributed by atoms with Crippen LogP contribution in [0.5, 0.6) is 0 Å². The number of anilines is 1. The van der Waals surface area contributed by atoms with E-state index < -0.39 is 0 Å². The molecule has 2 aromatic rings. The van der Waals surface area contributed by atoms with Gasteiger partial charge in [-0.25, -0.2) is 0 Å². The van der Waals surface area contributed by atoms with Gasteiger partial charge in [-0.15, -0.1) is 0 Å². The van der Waals surface area contributed by atoms with Crippen molar-refractivity contribution >= 4 is 11.6 Å². The minimum Gasteiger partial charge on any atom is -0.332 e. The fourth-order valence-electron chi connectivity index (χ4n) is 3.88. The molecule has 0 spiro atoms. The van der Waals surface area contributed by atoms with E-state index in [9.17, 15) is 4.79 Å². The molecule has 132 valence electrons. The second-order valence-corrected chi connectivity index (χ2v) is 6.84. The van der Waals surface area contributed by atoms with Crippen molar-refractivity contribution in [2.75, 3.05) is 11.9 Å². The molecule has 0 aliphatic heterocycles. The summed E-state index contributed by atoms with van der Waals surface area (Å²) < 4.78 is 0. The second-order valence-electron chi connectivity index (χ2n) is 6.84. The van der Waals surface area contributed by atoms with Gasteiger partial charge in [-0.2, -0.15) is 0 Å². The number of nitrogens with two attached hydrogens (primary N) is 1. The minimum absolute atomic E-state index is 0.0960. The van der Waals surface area contributed by atoms with Crippen molar-refractivity contribution in [3.05, 3.63) is 64.7 Å². The molecule has 1 aliphatic carbocycles. The van der Waals surface area contributed by atoms with Crippen LogP contribution in [-0.4, -0.2) is 12.5 Å². The van der Waals surface area contributed by atoms with E-state index in [0.29, 0.717) is 12.6 Å². The van der Waals surface area contributed by atoms with Crippen molar-refractivity contribution < 1.29 is 10.1 Å². The van der Waals surface area contributed by atoms with E-state index in [1.54, 1.807) is 0 Å². The third-order valence-corrected chi connectivity index (χ3v) is 5.27. The number of hydrogen-bond donors (Lipinski definition) is 2. The van der Waals surface area contributed by atoms with Crippen LogP contribution in [0.3, 0.4) is 0 Å². The van der Waals surface area contributed by atoms with Gasteiger partial charge in [0.1, 0.15) is 6.04 Å². The standard InChI is InChI=1S/C22H28N2O/c1-3-16-10-7-11-17(4-2)22(16)24-21(25)15-23-20-14-8-12-18-9-5-6-13-19(18)20/h5-7,9-11,13,20,23H,3-4,8,12,14-15H2,1-2H3,(H,24,25)/p+1/t20-/m0/s1. The molecule has 3 heteroatoms. The van der Waals surface area contributed by atoms with E-state index in [4.69, 9.17) is 0 Å². The summed E-state index contributed by atoms with van der Waals surface area (Å²) in [4.78, 5) is 12.6. The SMILES string of the molecule is CCc1cccc(CC)c1NC(=O)C[NH2+][C@H]1CCCc2ccccc21. The number of aryl methyl sites for hydroxylation is 3. The van der Waals surface area contributed by atoms with Gasteiger partial charge in [0.05, 0.1) is 0 Å². The van der Waals surface area contributed by atoms with E-state index in [2.05, 4.69) is 66.9 Å². The van der Waals surface area contributed by atoms with Crippen LogP contribution in [-0.2, 0) is 24.1 Å². The number of fused-ring (bicyclic) bond motifs is 1. The summed E-state index contributed by atoms with van der Waals surface area (Å²) in [7, 11) is 0. The van der Waals surface area contributed by atoms with Gasteiger partial charge in [-0.05, 0) is 42.4 Å². The number of carbonyl (C=O) groups is 1. The minimum atomic E-state index is 0.0960. The summed E-state index contributed by atoms with van der Waals surface area (Å²) in [6, 6.07) is 15.4. The van der Waals surface area contributed by atoms with Gasteiger partial charge in [0.2, 0.25) is 0 Å². The van der Waals surface area contributed by atoms with Gasteiger partial charge >= 0.3 is 0 Å². The molecule has 25 heavy (non-hydrogen) atoms. The molecular formula is C22H29N2O+. The zero-order valence-electron chi connectivity index (χ0n) is 15.3. The Morgan fingerprint density at radius 2 is 1.80 bits per heavy atom. The lowest BCUT2D eigenvalue weighted by atomic mass is 9.88. The number of benzene rings is 2. The normalized spacial score (nSPS) is 16.3. The van der Waals surface area contributed by atoms with Crippen molar-refractivity contribution in [3.63, 3.8) is 0 Å².